The number of esters is 1. The molecular weight excluding hydrogens is 402 g/mol. The number of benzene rings is 2. The van der Waals surface area contributed by atoms with Crippen LogP contribution in [0.2, 0.25) is 0 Å². The van der Waals surface area contributed by atoms with E-state index in [1.165, 1.54) is 31.3 Å². The molecule has 1 saturated heterocycles. The second-order valence-corrected chi connectivity index (χ2v) is 6.91. The molecule has 2 N–H and O–H groups in total. The summed E-state index contributed by atoms with van der Waals surface area (Å²) in [7, 11) is 2.79. The third-order valence-corrected chi connectivity index (χ3v) is 5.11. The zero-order chi connectivity index (χ0) is 22.5. The molecule has 0 spiro atoms. The monoisotopic (exact) mass is 425 g/mol. The fourth-order valence-electron chi connectivity index (χ4n) is 3.52. The smallest absolute Gasteiger partial charge is 0.337 e. The zero-order valence-electron chi connectivity index (χ0n) is 17.2. The number of Topliss-reactive ketones (excluding diaryl/α,β-unsaturated/α-hetero) is 1. The Morgan fingerprint density at radius 1 is 1.00 bits per heavy atom. The van der Waals surface area contributed by atoms with E-state index in [4.69, 9.17) is 9.47 Å². The Balaban J connectivity index is 2.11. The molecule has 3 rings (SSSR count). The highest BCUT2D eigenvalue weighted by Gasteiger charge is 2.45. The van der Waals surface area contributed by atoms with Crippen molar-refractivity contribution in [3.05, 3.63) is 70.8 Å². The van der Waals surface area contributed by atoms with Crippen molar-refractivity contribution >= 4 is 23.4 Å². The molecule has 0 radical (unpaired) electrons. The van der Waals surface area contributed by atoms with E-state index < -0.39 is 23.7 Å². The Morgan fingerprint density at radius 3 is 2.16 bits per heavy atom. The van der Waals surface area contributed by atoms with Gasteiger partial charge in [0.25, 0.3) is 11.7 Å². The fourth-order valence-corrected chi connectivity index (χ4v) is 3.52. The molecule has 2 aromatic carbocycles. The number of rotatable bonds is 7. The summed E-state index contributed by atoms with van der Waals surface area (Å²) in [5, 5.41) is 20.2. The number of aliphatic hydroxyl groups is 2. The molecule has 1 aliphatic heterocycles. The minimum atomic E-state index is -0.861. The number of likely N-dealkylation sites (tertiary alicyclic amines) is 1. The number of hydrogen-bond donors (Lipinski definition) is 2. The van der Waals surface area contributed by atoms with Gasteiger partial charge in [-0.2, -0.15) is 0 Å². The van der Waals surface area contributed by atoms with Gasteiger partial charge in [-0.3, -0.25) is 9.59 Å². The predicted octanol–water partition coefficient (Wildman–Crippen LogP) is 2.29. The summed E-state index contributed by atoms with van der Waals surface area (Å²) in [6.07, 6.45) is 0.270. The number of hydrogen-bond acceptors (Lipinski definition) is 7. The number of carbonyl (C=O) groups excluding carboxylic acids is 3. The first-order valence-corrected chi connectivity index (χ1v) is 9.65. The van der Waals surface area contributed by atoms with Crippen molar-refractivity contribution in [3.8, 4) is 5.75 Å². The van der Waals surface area contributed by atoms with Crippen LogP contribution in [0.5, 0.6) is 5.75 Å². The number of nitrogens with zero attached hydrogens (tertiary/aromatic N) is 1. The highest BCUT2D eigenvalue weighted by molar-refractivity contribution is 6.46. The average molecular weight is 425 g/mol. The lowest BCUT2D eigenvalue weighted by Gasteiger charge is -2.25. The van der Waals surface area contributed by atoms with Gasteiger partial charge in [0.1, 0.15) is 11.5 Å². The third kappa shape index (κ3) is 4.29. The molecule has 0 saturated carbocycles. The lowest BCUT2D eigenvalue weighted by Crippen LogP contribution is -2.31. The largest absolute Gasteiger partial charge is 0.507 e. The van der Waals surface area contributed by atoms with Gasteiger partial charge >= 0.3 is 5.97 Å². The number of aliphatic hydroxyl groups excluding tert-OH is 2. The lowest BCUT2D eigenvalue weighted by molar-refractivity contribution is -0.140. The lowest BCUT2D eigenvalue weighted by atomic mass is 9.94. The maximum atomic E-state index is 12.9. The standard InChI is InChI=1S/C23H23NO7/c1-30-17-10-8-15(9-11-17)20(26)18-19(24(12-3-13-25)22(28)21(18)27)14-4-6-16(7-5-14)23(29)31-2/h4-11,19,25-26H,3,12-13H2,1-2H3/b20-18+. The number of methoxy groups -OCH3 is 2. The van der Waals surface area contributed by atoms with Gasteiger partial charge in [-0.1, -0.05) is 12.1 Å². The van der Waals surface area contributed by atoms with Gasteiger partial charge in [0.05, 0.1) is 31.4 Å². The highest BCUT2D eigenvalue weighted by atomic mass is 16.5. The van der Waals surface area contributed by atoms with Crippen LogP contribution < -0.4 is 4.74 Å². The minimum Gasteiger partial charge on any atom is -0.507 e. The molecule has 0 bridgehead atoms. The van der Waals surface area contributed by atoms with Crippen LogP contribution in [-0.2, 0) is 14.3 Å². The van der Waals surface area contributed by atoms with Crippen LogP contribution in [0.4, 0.5) is 0 Å². The van der Waals surface area contributed by atoms with Crippen molar-refractivity contribution in [2.45, 2.75) is 12.5 Å². The maximum absolute atomic E-state index is 12.9. The van der Waals surface area contributed by atoms with Gasteiger partial charge < -0.3 is 24.6 Å². The van der Waals surface area contributed by atoms with Crippen LogP contribution in [0, 0.1) is 0 Å². The van der Waals surface area contributed by atoms with Crippen LogP contribution in [0.25, 0.3) is 5.76 Å². The Morgan fingerprint density at radius 2 is 1.61 bits per heavy atom. The minimum absolute atomic E-state index is 0.0566. The Hall–Kier alpha value is -3.65. The van der Waals surface area contributed by atoms with E-state index in [0.717, 1.165) is 0 Å². The highest BCUT2D eigenvalue weighted by Crippen LogP contribution is 2.39. The van der Waals surface area contributed by atoms with Crippen molar-refractivity contribution in [2.24, 2.45) is 0 Å². The molecule has 1 atom stereocenters. The quantitative estimate of drug-likeness (QED) is 0.303. The molecule has 1 fully saturated rings. The first kappa shape index (κ1) is 22.0. The van der Waals surface area contributed by atoms with E-state index in [2.05, 4.69) is 0 Å². The van der Waals surface area contributed by atoms with Gasteiger partial charge in [-0.15, -0.1) is 0 Å². The summed E-state index contributed by atoms with van der Waals surface area (Å²) in [4.78, 5) is 38.6. The van der Waals surface area contributed by atoms with Crippen LogP contribution in [0.15, 0.2) is 54.1 Å². The van der Waals surface area contributed by atoms with Crippen LogP contribution in [0.3, 0.4) is 0 Å². The Kier molecular flexibility index (Phi) is 6.71. The molecule has 2 aromatic rings. The van der Waals surface area contributed by atoms with Crippen molar-refractivity contribution in [3.63, 3.8) is 0 Å². The normalized spacial score (nSPS) is 17.6. The predicted molar refractivity (Wildman–Crippen MR) is 111 cm³/mol. The molecule has 1 aliphatic rings. The van der Waals surface area contributed by atoms with Crippen LogP contribution in [-0.4, -0.2) is 60.1 Å². The van der Waals surface area contributed by atoms with E-state index in [1.807, 2.05) is 0 Å². The van der Waals surface area contributed by atoms with Gasteiger partial charge in [0, 0.05) is 18.7 Å². The SMILES string of the molecule is COC(=O)c1ccc(C2/C(=C(\O)c3ccc(OC)cc3)C(=O)C(=O)N2CCCO)cc1. The van der Waals surface area contributed by atoms with Crippen molar-refractivity contribution in [1.29, 1.82) is 0 Å². The van der Waals surface area contributed by atoms with Crippen molar-refractivity contribution in [1.82, 2.24) is 4.90 Å². The van der Waals surface area contributed by atoms with Gasteiger partial charge in [-0.05, 0) is 48.4 Å². The summed E-state index contributed by atoms with van der Waals surface area (Å²) < 4.78 is 9.82. The molecule has 8 nitrogen and oxygen atoms in total. The summed E-state index contributed by atoms with van der Waals surface area (Å²) in [6, 6.07) is 11.9. The van der Waals surface area contributed by atoms with E-state index in [-0.39, 0.29) is 30.9 Å². The zero-order valence-corrected chi connectivity index (χ0v) is 17.2. The van der Waals surface area contributed by atoms with Crippen LogP contribution in [0.1, 0.15) is 33.9 Å². The molecule has 0 aromatic heterocycles. The Bertz CT molecular complexity index is 1010. The van der Waals surface area contributed by atoms with E-state index in [1.54, 1.807) is 36.4 Å². The van der Waals surface area contributed by atoms with Crippen molar-refractivity contribution < 1.29 is 34.1 Å². The van der Waals surface area contributed by atoms with Gasteiger partial charge in [-0.25, -0.2) is 4.79 Å². The summed E-state index contributed by atoms with van der Waals surface area (Å²) >= 11 is 0. The fraction of sp³-hybridized carbons (Fsp3) is 0.261. The number of ether oxygens (including phenoxy) is 2. The van der Waals surface area contributed by atoms with Gasteiger partial charge in [0.2, 0.25) is 0 Å². The van der Waals surface area contributed by atoms with Gasteiger partial charge in [0.15, 0.2) is 0 Å². The molecule has 162 valence electrons. The maximum Gasteiger partial charge on any atom is 0.337 e. The molecule has 1 unspecified atom stereocenters. The second kappa shape index (κ2) is 9.44. The molecule has 31 heavy (non-hydrogen) atoms. The second-order valence-electron chi connectivity index (χ2n) is 6.91. The van der Waals surface area contributed by atoms with E-state index >= 15 is 0 Å². The van der Waals surface area contributed by atoms with E-state index in [9.17, 15) is 24.6 Å². The molecule has 0 aliphatic carbocycles. The van der Waals surface area contributed by atoms with Crippen molar-refractivity contribution in [2.75, 3.05) is 27.4 Å². The molecule has 1 amide bonds. The first-order valence-electron chi connectivity index (χ1n) is 9.65. The average Bonchev–Trinajstić information content (AvgIpc) is 3.06. The molecule has 8 heteroatoms. The van der Waals surface area contributed by atoms with E-state index in [0.29, 0.717) is 22.4 Å². The number of amides is 1. The van der Waals surface area contributed by atoms with Crippen LogP contribution >= 0.6 is 0 Å². The topological polar surface area (TPSA) is 113 Å². The number of ketones is 1. The number of carbonyl (C=O) groups is 3. The summed E-state index contributed by atoms with van der Waals surface area (Å²) in [5.74, 6) is -1.82. The first-order chi connectivity index (χ1) is 14.9. The molecule has 1 heterocycles. The summed E-state index contributed by atoms with van der Waals surface area (Å²) in [6.45, 7) is -0.0284. The Labute approximate surface area is 179 Å². The third-order valence-electron chi connectivity index (χ3n) is 5.11. The summed E-state index contributed by atoms with van der Waals surface area (Å²) in [5.41, 5.74) is 1.16. The molecular formula is C23H23NO7.